The van der Waals surface area contributed by atoms with E-state index in [1.807, 2.05) is 0 Å². The Morgan fingerprint density at radius 1 is 1.83 bits per heavy atom. The second kappa shape index (κ2) is 3.75. The Kier molecular flexibility index (Phi) is 2.68. The van der Waals surface area contributed by atoms with Gasteiger partial charge in [0.25, 0.3) is 0 Å². The van der Waals surface area contributed by atoms with Crippen LogP contribution in [0.2, 0.25) is 0 Å². The highest BCUT2D eigenvalue weighted by Gasteiger charge is 2.24. The second-order valence-corrected chi connectivity index (χ2v) is 2.07. The Balaban J connectivity index is 2.55. The SMILES string of the molecule is CCOC(=O)N1CC=COC1=O. The summed E-state index contributed by atoms with van der Waals surface area (Å²) in [5, 5.41) is 0. The molecule has 2 amide bonds. The van der Waals surface area contributed by atoms with Crippen LogP contribution >= 0.6 is 0 Å². The lowest BCUT2D eigenvalue weighted by atomic mass is 10.5. The Morgan fingerprint density at radius 2 is 2.58 bits per heavy atom. The Morgan fingerprint density at radius 3 is 3.17 bits per heavy atom. The van der Waals surface area contributed by atoms with E-state index in [0.717, 1.165) is 4.90 Å². The summed E-state index contributed by atoms with van der Waals surface area (Å²) in [7, 11) is 0. The molecule has 5 nitrogen and oxygen atoms in total. The minimum absolute atomic E-state index is 0.206. The zero-order chi connectivity index (χ0) is 8.97. The number of amides is 2. The summed E-state index contributed by atoms with van der Waals surface area (Å²) in [6.45, 7) is 2.12. The average Bonchev–Trinajstić information content (AvgIpc) is 2.05. The number of ether oxygens (including phenoxy) is 2. The number of cyclic esters (lactones) is 1. The molecule has 66 valence electrons. The molecule has 0 unspecified atom stereocenters. The molecule has 0 atom stereocenters. The molecule has 1 aliphatic rings. The minimum atomic E-state index is -0.698. The summed E-state index contributed by atoms with van der Waals surface area (Å²) in [6.07, 6.45) is 1.43. The van der Waals surface area contributed by atoms with Crippen molar-refractivity contribution in [3.8, 4) is 0 Å². The Hall–Kier alpha value is -1.52. The van der Waals surface area contributed by atoms with Crippen LogP contribution < -0.4 is 0 Å². The molecule has 0 N–H and O–H groups in total. The van der Waals surface area contributed by atoms with Gasteiger partial charge in [0.15, 0.2) is 0 Å². The van der Waals surface area contributed by atoms with Gasteiger partial charge in [-0.15, -0.1) is 0 Å². The first-order valence-corrected chi connectivity index (χ1v) is 3.55. The highest BCUT2D eigenvalue weighted by atomic mass is 16.6. The molecule has 0 bridgehead atoms. The lowest BCUT2D eigenvalue weighted by molar-refractivity contribution is 0.0942. The molecule has 0 radical (unpaired) electrons. The van der Waals surface area contributed by atoms with Crippen molar-refractivity contribution in [2.24, 2.45) is 0 Å². The van der Waals surface area contributed by atoms with Crippen LogP contribution in [0.15, 0.2) is 12.3 Å². The third-order valence-corrected chi connectivity index (χ3v) is 1.26. The van der Waals surface area contributed by atoms with Crippen LogP contribution in [-0.2, 0) is 9.47 Å². The zero-order valence-corrected chi connectivity index (χ0v) is 6.65. The van der Waals surface area contributed by atoms with Crippen LogP contribution in [0.5, 0.6) is 0 Å². The maximum Gasteiger partial charge on any atom is 0.424 e. The molecule has 0 aromatic heterocycles. The van der Waals surface area contributed by atoms with Gasteiger partial charge in [-0.25, -0.2) is 14.5 Å². The van der Waals surface area contributed by atoms with Gasteiger partial charge in [0, 0.05) is 0 Å². The number of nitrogens with zero attached hydrogens (tertiary/aromatic N) is 1. The van der Waals surface area contributed by atoms with Crippen LogP contribution in [0.25, 0.3) is 0 Å². The van der Waals surface area contributed by atoms with Gasteiger partial charge in [-0.3, -0.25) is 0 Å². The van der Waals surface area contributed by atoms with E-state index >= 15 is 0 Å². The van der Waals surface area contributed by atoms with E-state index in [1.165, 1.54) is 6.26 Å². The summed E-state index contributed by atoms with van der Waals surface area (Å²) >= 11 is 0. The van der Waals surface area contributed by atoms with E-state index in [1.54, 1.807) is 13.0 Å². The van der Waals surface area contributed by atoms with E-state index in [-0.39, 0.29) is 13.2 Å². The van der Waals surface area contributed by atoms with Crippen LogP contribution in [-0.4, -0.2) is 30.2 Å². The van der Waals surface area contributed by atoms with Crippen molar-refractivity contribution in [3.63, 3.8) is 0 Å². The molecule has 0 spiro atoms. The van der Waals surface area contributed by atoms with Crippen LogP contribution in [0.1, 0.15) is 6.92 Å². The maximum atomic E-state index is 11.0. The number of rotatable bonds is 1. The number of hydrogen-bond acceptors (Lipinski definition) is 4. The topological polar surface area (TPSA) is 55.8 Å². The average molecular weight is 171 g/mol. The third kappa shape index (κ3) is 1.75. The van der Waals surface area contributed by atoms with Gasteiger partial charge >= 0.3 is 12.2 Å². The Labute approximate surface area is 69.5 Å². The standard InChI is InChI=1S/C7H9NO4/c1-2-11-6(9)8-4-3-5-12-7(8)10/h3,5H,2,4H2,1H3. The fraction of sp³-hybridized carbons (Fsp3) is 0.429. The monoisotopic (exact) mass is 171 g/mol. The molecule has 0 fully saturated rings. The molecule has 12 heavy (non-hydrogen) atoms. The first-order chi connectivity index (χ1) is 5.75. The van der Waals surface area contributed by atoms with Gasteiger partial charge in [-0.1, -0.05) is 0 Å². The zero-order valence-electron chi connectivity index (χ0n) is 6.65. The molecule has 0 saturated carbocycles. The van der Waals surface area contributed by atoms with Gasteiger partial charge in [0.05, 0.1) is 19.4 Å². The summed E-state index contributed by atoms with van der Waals surface area (Å²) in [5.74, 6) is 0. The van der Waals surface area contributed by atoms with E-state index in [2.05, 4.69) is 9.47 Å². The number of hydrogen-bond donors (Lipinski definition) is 0. The highest BCUT2D eigenvalue weighted by molar-refractivity contribution is 5.88. The molecular weight excluding hydrogens is 162 g/mol. The van der Waals surface area contributed by atoms with Crippen molar-refractivity contribution in [1.82, 2.24) is 4.90 Å². The molecule has 0 aromatic carbocycles. The fourth-order valence-electron chi connectivity index (χ4n) is 0.743. The first kappa shape index (κ1) is 8.58. The highest BCUT2D eigenvalue weighted by Crippen LogP contribution is 2.03. The lowest BCUT2D eigenvalue weighted by Crippen LogP contribution is -2.39. The van der Waals surface area contributed by atoms with Gasteiger partial charge in [-0.2, -0.15) is 0 Å². The van der Waals surface area contributed by atoms with Gasteiger partial charge in [0.2, 0.25) is 0 Å². The van der Waals surface area contributed by atoms with E-state index in [4.69, 9.17) is 0 Å². The molecule has 1 aliphatic heterocycles. The van der Waals surface area contributed by atoms with Gasteiger partial charge in [0.1, 0.15) is 0 Å². The van der Waals surface area contributed by atoms with E-state index in [0.29, 0.717) is 0 Å². The molecule has 0 saturated heterocycles. The predicted octanol–water partition coefficient (Wildman–Crippen LogP) is 1.11. The third-order valence-electron chi connectivity index (χ3n) is 1.26. The van der Waals surface area contributed by atoms with E-state index < -0.39 is 12.2 Å². The van der Waals surface area contributed by atoms with Gasteiger partial charge in [-0.05, 0) is 13.0 Å². The lowest BCUT2D eigenvalue weighted by Gasteiger charge is -2.19. The first-order valence-electron chi connectivity index (χ1n) is 3.55. The smallest absolute Gasteiger partial charge is 0.424 e. The summed E-state index contributed by atoms with van der Waals surface area (Å²) in [4.78, 5) is 22.7. The molecule has 0 aliphatic carbocycles. The summed E-state index contributed by atoms with van der Waals surface area (Å²) in [6, 6.07) is 0. The number of imide groups is 1. The van der Waals surface area contributed by atoms with Crippen LogP contribution in [0.3, 0.4) is 0 Å². The van der Waals surface area contributed by atoms with E-state index in [9.17, 15) is 9.59 Å². The van der Waals surface area contributed by atoms with Crippen molar-refractivity contribution in [3.05, 3.63) is 12.3 Å². The number of carbonyl (C=O) groups excluding carboxylic acids is 2. The van der Waals surface area contributed by atoms with Crippen molar-refractivity contribution >= 4 is 12.2 Å². The molecule has 1 heterocycles. The predicted molar refractivity (Wildman–Crippen MR) is 39.3 cm³/mol. The van der Waals surface area contributed by atoms with Crippen molar-refractivity contribution < 1.29 is 19.1 Å². The normalized spacial score (nSPS) is 15.8. The van der Waals surface area contributed by atoms with Gasteiger partial charge < -0.3 is 9.47 Å². The molecule has 5 heteroatoms. The molecular formula is C7H9NO4. The molecule has 1 rings (SSSR count). The maximum absolute atomic E-state index is 11.0. The summed E-state index contributed by atoms with van der Waals surface area (Å²) in [5.41, 5.74) is 0. The fourth-order valence-corrected chi connectivity index (χ4v) is 0.743. The van der Waals surface area contributed by atoms with Crippen molar-refractivity contribution in [2.45, 2.75) is 6.92 Å². The van der Waals surface area contributed by atoms with Crippen LogP contribution in [0, 0.1) is 0 Å². The van der Waals surface area contributed by atoms with Crippen molar-refractivity contribution in [1.29, 1.82) is 0 Å². The van der Waals surface area contributed by atoms with Crippen molar-refractivity contribution in [2.75, 3.05) is 13.2 Å². The summed E-state index contributed by atoms with van der Waals surface area (Å²) < 4.78 is 9.07. The Bertz CT molecular complexity index is 223. The molecule has 0 aromatic rings. The quantitative estimate of drug-likeness (QED) is 0.593. The number of carbonyl (C=O) groups is 2. The minimum Gasteiger partial charge on any atom is -0.449 e. The van der Waals surface area contributed by atoms with Crippen LogP contribution in [0.4, 0.5) is 9.59 Å². The second-order valence-electron chi connectivity index (χ2n) is 2.07. The largest absolute Gasteiger partial charge is 0.449 e.